The number of fused-ring (bicyclic) bond motifs is 1. The molecule has 4 aromatic rings. The van der Waals surface area contributed by atoms with Gasteiger partial charge in [0.05, 0.1) is 11.9 Å². The van der Waals surface area contributed by atoms with E-state index in [0.717, 1.165) is 71.2 Å². The number of urea groups is 1. The molecular formula is C28H28FN7O2. The molecule has 1 aromatic carbocycles. The van der Waals surface area contributed by atoms with Gasteiger partial charge in [-0.05, 0) is 54.7 Å². The molecule has 3 aliphatic rings. The molecule has 194 valence electrons. The SMILES string of the molecule is O=C1CC(c2cn3c4c(cc(F)cc24)CN(C(=O)N2CCCCC2)CC3)=C(c2nnc3ccccn23)CN1. The highest BCUT2D eigenvalue weighted by molar-refractivity contribution is 6.08. The first-order valence-electron chi connectivity index (χ1n) is 13.2. The number of amides is 3. The monoisotopic (exact) mass is 513 g/mol. The summed E-state index contributed by atoms with van der Waals surface area (Å²) in [7, 11) is 0. The molecule has 0 bridgehead atoms. The second-order valence-electron chi connectivity index (χ2n) is 10.3. The van der Waals surface area contributed by atoms with Gasteiger partial charge in [-0.2, -0.15) is 0 Å². The third-order valence-electron chi connectivity index (χ3n) is 7.96. The molecule has 1 N–H and O–H groups in total. The number of halogens is 1. The standard InChI is InChI=1S/C28H28FN7O2/c29-19-12-18-16-35(28(38)33-7-3-1-4-8-33)11-10-34-17-23(21(13-19)26(18)34)20-14-25(37)30-15-22(20)27-32-31-24-6-2-5-9-36(24)27/h2,5-6,9,12-13,17H,1,3-4,7-8,10-11,14-16H2,(H,30,37). The van der Waals surface area contributed by atoms with Gasteiger partial charge in [0.25, 0.3) is 0 Å². The van der Waals surface area contributed by atoms with Gasteiger partial charge in [0, 0.05) is 68.2 Å². The number of hydrogen-bond acceptors (Lipinski definition) is 4. The second-order valence-corrected chi connectivity index (χ2v) is 10.3. The van der Waals surface area contributed by atoms with Gasteiger partial charge >= 0.3 is 6.03 Å². The van der Waals surface area contributed by atoms with Gasteiger partial charge in [-0.15, -0.1) is 10.2 Å². The predicted octanol–water partition coefficient (Wildman–Crippen LogP) is 3.68. The van der Waals surface area contributed by atoms with E-state index in [-0.39, 0.29) is 24.2 Å². The van der Waals surface area contributed by atoms with Crippen LogP contribution >= 0.6 is 0 Å². The van der Waals surface area contributed by atoms with Gasteiger partial charge in [-0.3, -0.25) is 9.20 Å². The van der Waals surface area contributed by atoms with E-state index >= 15 is 4.39 Å². The molecule has 1 saturated heterocycles. The van der Waals surface area contributed by atoms with Crippen LogP contribution in [0.5, 0.6) is 0 Å². The van der Waals surface area contributed by atoms with Crippen molar-refractivity contribution < 1.29 is 14.0 Å². The van der Waals surface area contributed by atoms with E-state index in [1.807, 2.05) is 44.8 Å². The van der Waals surface area contributed by atoms with Crippen LogP contribution < -0.4 is 5.32 Å². The van der Waals surface area contributed by atoms with Crippen molar-refractivity contribution in [2.24, 2.45) is 0 Å². The summed E-state index contributed by atoms with van der Waals surface area (Å²) in [6, 6.07) is 8.82. The predicted molar refractivity (Wildman–Crippen MR) is 141 cm³/mol. The molecule has 0 spiro atoms. The van der Waals surface area contributed by atoms with Gasteiger partial charge in [0.2, 0.25) is 5.91 Å². The largest absolute Gasteiger partial charge is 0.352 e. The number of likely N-dealkylation sites (tertiary alicyclic amines) is 1. The van der Waals surface area contributed by atoms with Crippen LogP contribution in [0.2, 0.25) is 0 Å². The molecular weight excluding hydrogens is 485 g/mol. The van der Waals surface area contributed by atoms with Crippen LogP contribution in [0.15, 0.2) is 42.7 Å². The van der Waals surface area contributed by atoms with Crippen LogP contribution in [-0.2, 0) is 17.9 Å². The minimum atomic E-state index is -0.353. The molecule has 3 aromatic heterocycles. The summed E-state index contributed by atoms with van der Waals surface area (Å²) in [4.78, 5) is 29.7. The molecule has 9 nitrogen and oxygen atoms in total. The number of hydrogen-bond donors (Lipinski definition) is 1. The number of nitrogens with zero attached hydrogens (tertiary/aromatic N) is 6. The minimum absolute atomic E-state index is 0.0284. The smallest absolute Gasteiger partial charge is 0.320 e. The van der Waals surface area contributed by atoms with Crippen LogP contribution in [0.3, 0.4) is 0 Å². The van der Waals surface area contributed by atoms with Crippen LogP contribution in [0.4, 0.5) is 9.18 Å². The van der Waals surface area contributed by atoms with Gasteiger partial charge in [0.1, 0.15) is 5.82 Å². The van der Waals surface area contributed by atoms with E-state index in [9.17, 15) is 9.59 Å². The molecule has 38 heavy (non-hydrogen) atoms. The van der Waals surface area contributed by atoms with E-state index in [2.05, 4.69) is 20.1 Å². The van der Waals surface area contributed by atoms with E-state index in [1.54, 1.807) is 12.1 Å². The van der Waals surface area contributed by atoms with E-state index in [0.29, 0.717) is 32.0 Å². The maximum absolute atomic E-state index is 15.1. The Morgan fingerprint density at radius 1 is 0.974 bits per heavy atom. The third kappa shape index (κ3) is 3.74. The molecule has 0 atom stereocenters. The zero-order valence-electron chi connectivity index (χ0n) is 21.0. The summed E-state index contributed by atoms with van der Waals surface area (Å²) >= 11 is 0. The second kappa shape index (κ2) is 8.97. The van der Waals surface area contributed by atoms with Crippen molar-refractivity contribution in [1.29, 1.82) is 0 Å². The first kappa shape index (κ1) is 22.9. The summed E-state index contributed by atoms with van der Waals surface area (Å²) in [6.07, 6.45) is 7.29. The lowest BCUT2D eigenvalue weighted by molar-refractivity contribution is -0.120. The number of nitrogens with one attached hydrogen (secondary N) is 1. The Bertz CT molecular complexity index is 1630. The Kier molecular flexibility index (Phi) is 5.41. The minimum Gasteiger partial charge on any atom is -0.352 e. The molecule has 0 radical (unpaired) electrons. The summed E-state index contributed by atoms with van der Waals surface area (Å²) in [6.45, 7) is 3.36. The normalized spacial score (nSPS) is 18.3. The molecule has 0 unspecified atom stereocenters. The van der Waals surface area contributed by atoms with Crippen molar-refractivity contribution in [2.45, 2.75) is 38.8 Å². The topological polar surface area (TPSA) is 87.8 Å². The van der Waals surface area contributed by atoms with Crippen molar-refractivity contribution >= 4 is 39.6 Å². The van der Waals surface area contributed by atoms with E-state index in [1.165, 1.54) is 0 Å². The molecule has 10 heteroatoms. The molecule has 3 aliphatic heterocycles. The first-order chi connectivity index (χ1) is 18.6. The zero-order chi connectivity index (χ0) is 25.8. The summed E-state index contributed by atoms with van der Waals surface area (Å²) in [5.41, 5.74) is 4.94. The van der Waals surface area contributed by atoms with Crippen molar-refractivity contribution in [3.8, 4) is 0 Å². The Balaban J connectivity index is 1.35. The average molecular weight is 514 g/mol. The van der Waals surface area contributed by atoms with Crippen molar-refractivity contribution in [3.63, 3.8) is 0 Å². The highest BCUT2D eigenvalue weighted by atomic mass is 19.1. The van der Waals surface area contributed by atoms with Crippen molar-refractivity contribution in [1.82, 2.24) is 34.3 Å². The number of benzene rings is 1. The Labute approximate surface area is 218 Å². The fourth-order valence-electron chi connectivity index (χ4n) is 6.13. The van der Waals surface area contributed by atoms with Crippen molar-refractivity contribution in [3.05, 3.63) is 65.5 Å². The molecule has 3 amide bonds. The quantitative estimate of drug-likeness (QED) is 0.443. The maximum atomic E-state index is 15.1. The molecule has 0 aliphatic carbocycles. The number of carbonyl (C=O) groups is 2. The summed E-state index contributed by atoms with van der Waals surface area (Å²) < 4.78 is 19.1. The number of carbonyl (C=O) groups excluding carboxylic acids is 2. The van der Waals surface area contributed by atoms with E-state index < -0.39 is 0 Å². The molecule has 6 heterocycles. The maximum Gasteiger partial charge on any atom is 0.320 e. The lowest BCUT2D eigenvalue weighted by Gasteiger charge is -2.32. The lowest BCUT2D eigenvalue weighted by atomic mass is 9.92. The average Bonchev–Trinajstić information content (AvgIpc) is 3.47. The molecule has 0 saturated carbocycles. The lowest BCUT2D eigenvalue weighted by Crippen LogP contribution is -2.45. The van der Waals surface area contributed by atoms with Crippen LogP contribution in [-0.4, -0.2) is 67.1 Å². The van der Waals surface area contributed by atoms with Crippen LogP contribution in [0.1, 0.15) is 42.6 Å². The fraction of sp³-hybridized carbons (Fsp3) is 0.357. The summed E-state index contributed by atoms with van der Waals surface area (Å²) in [5.74, 6) is 0.230. The van der Waals surface area contributed by atoms with Crippen LogP contribution in [0, 0.1) is 5.82 Å². The highest BCUT2D eigenvalue weighted by Crippen LogP contribution is 2.38. The van der Waals surface area contributed by atoms with Gasteiger partial charge in [-0.1, -0.05) is 6.07 Å². The molecule has 1 fully saturated rings. The van der Waals surface area contributed by atoms with Gasteiger partial charge < -0.3 is 19.7 Å². The first-order valence-corrected chi connectivity index (χ1v) is 13.2. The molecule has 7 rings (SSSR count). The Morgan fingerprint density at radius 3 is 2.71 bits per heavy atom. The third-order valence-corrected chi connectivity index (χ3v) is 7.96. The van der Waals surface area contributed by atoms with Gasteiger partial charge in [0.15, 0.2) is 11.5 Å². The summed E-state index contributed by atoms with van der Waals surface area (Å²) in [5, 5.41) is 12.4. The number of aromatic nitrogens is 4. The Hall–Kier alpha value is -4.21. The van der Waals surface area contributed by atoms with Crippen LogP contribution in [0.25, 0.3) is 27.7 Å². The highest BCUT2D eigenvalue weighted by Gasteiger charge is 2.30. The number of pyridine rings is 1. The number of rotatable bonds is 2. The fourth-order valence-corrected chi connectivity index (χ4v) is 6.13. The van der Waals surface area contributed by atoms with Crippen molar-refractivity contribution in [2.75, 3.05) is 26.2 Å². The van der Waals surface area contributed by atoms with Gasteiger partial charge in [-0.25, -0.2) is 9.18 Å². The Morgan fingerprint density at radius 2 is 1.84 bits per heavy atom. The van der Waals surface area contributed by atoms with E-state index in [4.69, 9.17) is 0 Å². The zero-order valence-corrected chi connectivity index (χ0v) is 21.0. The number of piperidine rings is 1.